The molecule has 8 heterocycles. The van der Waals surface area contributed by atoms with Crippen LogP contribution in [0.15, 0.2) is 95.9 Å². The van der Waals surface area contributed by atoms with Gasteiger partial charge >= 0.3 is 0 Å². The Labute approximate surface area is 477 Å². The van der Waals surface area contributed by atoms with Crippen molar-refractivity contribution in [2.75, 3.05) is 75.7 Å². The number of hydrogen-bond acceptors (Lipinski definition) is 16. The lowest BCUT2D eigenvalue weighted by Crippen LogP contribution is -2.59. The number of aliphatic hydroxyl groups is 2. The maximum absolute atomic E-state index is 14.3. The number of piperidine rings is 2. The Hall–Kier alpha value is -6.88. The third-order valence-electron chi connectivity index (χ3n) is 16.5. The fourth-order valence-corrected chi connectivity index (χ4v) is 12.8. The fraction of sp³-hybridized carbons (Fsp3) is 0.500. The summed E-state index contributed by atoms with van der Waals surface area (Å²) >= 11 is 1.59. The second-order valence-electron chi connectivity index (χ2n) is 23.8. The van der Waals surface area contributed by atoms with Crippen molar-refractivity contribution >= 4 is 57.4 Å². The first-order valence-corrected chi connectivity index (χ1v) is 29.4. The number of anilines is 3. The smallest absolute Gasteiger partial charge is 0.278 e. The minimum Gasteiger partial charge on any atom is -0.391 e. The fourth-order valence-electron chi connectivity index (χ4n) is 12.0. The highest BCUT2D eigenvalue weighted by molar-refractivity contribution is 7.13. The molecule has 4 fully saturated rings. The van der Waals surface area contributed by atoms with Crippen LogP contribution in [0.1, 0.15) is 83.7 Å². The number of allylic oxidation sites excluding steroid dienone is 1. The van der Waals surface area contributed by atoms with Crippen molar-refractivity contribution in [3.8, 4) is 16.3 Å². The Bertz CT molecular complexity index is 3250. The molecule has 430 valence electrons. The summed E-state index contributed by atoms with van der Waals surface area (Å²) < 4.78 is 3.16. The Balaban J connectivity index is 0.656. The zero-order chi connectivity index (χ0) is 57.2. The second-order valence-corrected chi connectivity index (χ2v) is 24.6. The van der Waals surface area contributed by atoms with Gasteiger partial charge < -0.3 is 40.9 Å². The molecule has 3 amide bonds. The molecule has 2 aromatic carbocycles. The highest BCUT2D eigenvalue weighted by atomic mass is 32.1. The van der Waals surface area contributed by atoms with Crippen molar-refractivity contribution < 1.29 is 24.6 Å². The SMILES string of the molecule is C=CCn1c(=O)c2cnc(Nc3ccc(N4CCN(C5CCN(C6CCN(CC(=O)N[C@H](C(=O)N7CC(O)CC7C(=O)NCc7ccc(-c8scnc8C)cc7)C(C)(C)C)CC6)CC5)CC4)cc3)nc2n1-c1cccc(C(C)(C)O)n1. The van der Waals surface area contributed by atoms with E-state index < -0.39 is 29.2 Å². The van der Waals surface area contributed by atoms with Crippen LogP contribution in [0.4, 0.5) is 17.3 Å². The van der Waals surface area contributed by atoms with E-state index in [1.807, 2.05) is 69.6 Å². The summed E-state index contributed by atoms with van der Waals surface area (Å²) in [6.45, 7) is 23.2. The molecule has 0 spiro atoms. The number of rotatable bonds is 17. The average Bonchev–Trinajstić information content (AvgIpc) is 4.01. The van der Waals surface area contributed by atoms with Crippen LogP contribution in [-0.4, -0.2) is 173 Å². The Morgan fingerprint density at radius 3 is 2.17 bits per heavy atom. The minimum atomic E-state index is -1.18. The number of β-amino-alcohol motifs (C(OH)–C–C–N with tert-alkyl or cyclic N) is 1. The van der Waals surface area contributed by atoms with Crippen LogP contribution in [0.2, 0.25) is 0 Å². The Morgan fingerprint density at radius 1 is 0.852 bits per heavy atom. The van der Waals surface area contributed by atoms with E-state index >= 15 is 0 Å². The number of likely N-dealkylation sites (tertiary alicyclic amines) is 3. The van der Waals surface area contributed by atoms with Gasteiger partial charge in [-0.25, -0.2) is 24.3 Å². The molecule has 10 rings (SSSR count). The average molecular weight is 1120 g/mol. The molecule has 0 aliphatic carbocycles. The van der Waals surface area contributed by atoms with E-state index in [2.05, 4.69) is 69.2 Å². The van der Waals surface area contributed by atoms with E-state index in [9.17, 15) is 29.4 Å². The molecule has 20 nitrogen and oxygen atoms in total. The van der Waals surface area contributed by atoms with Gasteiger partial charge in [0, 0.05) is 88.4 Å². The number of fused-ring (bicyclic) bond motifs is 1. The lowest BCUT2D eigenvalue weighted by Gasteiger charge is -2.46. The van der Waals surface area contributed by atoms with Gasteiger partial charge in [0.1, 0.15) is 23.1 Å². The molecule has 4 aromatic heterocycles. The molecule has 4 aliphatic heterocycles. The van der Waals surface area contributed by atoms with Crippen molar-refractivity contribution in [1.29, 1.82) is 0 Å². The van der Waals surface area contributed by atoms with Gasteiger partial charge in [-0.15, -0.1) is 17.9 Å². The lowest BCUT2D eigenvalue weighted by atomic mass is 9.85. The molecule has 0 saturated carbocycles. The number of benzene rings is 2. The van der Waals surface area contributed by atoms with Crippen molar-refractivity contribution in [3.05, 3.63) is 118 Å². The molecule has 2 unspecified atom stereocenters. The van der Waals surface area contributed by atoms with Crippen molar-refractivity contribution in [2.24, 2.45) is 5.41 Å². The maximum Gasteiger partial charge on any atom is 0.278 e. The summed E-state index contributed by atoms with van der Waals surface area (Å²) in [5, 5.41) is 31.1. The van der Waals surface area contributed by atoms with Crippen LogP contribution in [-0.2, 0) is 33.1 Å². The summed E-state index contributed by atoms with van der Waals surface area (Å²) in [7, 11) is 0. The molecule has 6 aromatic rings. The van der Waals surface area contributed by atoms with E-state index in [0.717, 1.165) is 111 Å². The van der Waals surface area contributed by atoms with Gasteiger partial charge in [-0.3, -0.25) is 29.0 Å². The highest BCUT2D eigenvalue weighted by Gasteiger charge is 2.45. The summed E-state index contributed by atoms with van der Waals surface area (Å²) in [6.07, 6.45) is 6.70. The predicted molar refractivity (Wildman–Crippen MR) is 316 cm³/mol. The van der Waals surface area contributed by atoms with Gasteiger partial charge in [-0.1, -0.05) is 57.2 Å². The number of carbonyl (C=O) groups is 3. The summed E-state index contributed by atoms with van der Waals surface area (Å²) in [6, 6.07) is 20.9. The lowest BCUT2D eigenvalue weighted by molar-refractivity contribution is -0.144. The molecule has 21 heteroatoms. The molecule has 4 aliphatic rings. The summed E-state index contributed by atoms with van der Waals surface area (Å²) in [5.74, 6) is -0.125. The number of aromatic nitrogens is 6. The second kappa shape index (κ2) is 24.3. The highest BCUT2D eigenvalue weighted by Crippen LogP contribution is 2.31. The zero-order valence-electron chi connectivity index (χ0n) is 47.6. The van der Waals surface area contributed by atoms with Crippen molar-refractivity contribution in [2.45, 2.75) is 123 Å². The van der Waals surface area contributed by atoms with Gasteiger partial charge in [0.05, 0.1) is 41.0 Å². The number of aliphatic hydroxyl groups excluding tert-OH is 1. The van der Waals surface area contributed by atoms with E-state index in [1.54, 1.807) is 54.1 Å². The van der Waals surface area contributed by atoms with Gasteiger partial charge in [0.2, 0.25) is 23.7 Å². The zero-order valence-corrected chi connectivity index (χ0v) is 48.4. The Kier molecular flexibility index (Phi) is 17.2. The first kappa shape index (κ1) is 57.4. The number of aryl methyl sites for hydroxylation is 1. The number of amides is 3. The predicted octanol–water partition coefficient (Wildman–Crippen LogP) is 5.43. The minimum absolute atomic E-state index is 0.0286. The maximum atomic E-state index is 14.3. The third-order valence-corrected chi connectivity index (χ3v) is 17.5. The van der Waals surface area contributed by atoms with Gasteiger partial charge in [-0.2, -0.15) is 4.98 Å². The standard InChI is InChI=1S/C60H78N14O6S/c1-8-24-73-56(78)47-35-62-58(67-54(47)74(73)50-11-9-10-49(65-50)60(6,7)80)64-42-16-18-43(19-17-42)70-29-31-71(32-30-70)45-22-27-69(28-23-45)44-20-25-68(26-21-44)37-51(76)66-53(59(3,4)5)57(79)72-36-46(75)33-48(72)55(77)61-34-40-12-14-41(15-13-40)52-39(2)63-38-81-52/h8-19,35,38,44-46,48,53,75,80H,1,20-34,36-37H2,2-7H3,(H,61,77)(H,66,76)(H,62,64,67)/t46?,48?,53-/m1/s1. The van der Waals surface area contributed by atoms with Crippen molar-refractivity contribution in [1.82, 2.24) is 59.5 Å². The first-order chi connectivity index (χ1) is 38.8. The number of hydrogen-bond donors (Lipinski definition) is 5. The molecule has 5 N–H and O–H groups in total. The number of piperazine rings is 1. The van der Waals surface area contributed by atoms with Crippen LogP contribution in [0.3, 0.4) is 0 Å². The van der Waals surface area contributed by atoms with Crippen molar-refractivity contribution in [3.63, 3.8) is 0 Å². The van der Waals surface area contributed by atoms with Crippen LogP contribution < -0.4 is 26.4 Å². The van der Waals surface area contributed by atoms with E-state index in [1.165, 1.54) is 15.8 Å². The molecular weight excluding hydrogens is 1040 g/mol. The monoisotopic (exact) mass is 1120 g/mol. The Morgan fingerprint density at radius 2 is 1.53 bits per heavy atom. The molecule has 4 saturated heterocycles. The van der Waals surface area contributed by atoms with Gasteiger partial charge in [-0.05, 0) is 112 Å². The molecular formula is C60H78N14O6S. The van der Waals surface area contributed by atoms with Crippen LogP contribution in [0.25, 0.3) is 27.3 Å². The molecule has 3 atom stereocenters. The number of nitrogens with zero attached hydrogens (tertiary/aromatic N) is 11. The quantitative estimate of drug-likeness (QED) is 0.0720. The van der Waals surface area contributed by atoms with Gasteiger partial charge in [0.15, 0.2) is 11.5 Å². The van der Waals surface area contributed by atoms with Crippen LogP contribution >= 0.6 is 11.3 Å². The molecule has 0 radical (unpaired) electrons. The number of thiazole rings is 1. The third kappa shape index (κ3) is 13.1. The largest absolute Gasteiger partial charge is 0.391 e. The topological polar surface area (TPSA) is 222 Å². The summed E-state index contributed by atoms with van der Waals surface area (Å²) in [5.41, 5.74) is 5.52. The number of pyridine rings is 1. The van der Waals surface area contributed by atoms with E-state index in [4.69, 9.17) is 4.98 Å². The van der Waals surface area contributed by atoms with Crippen LogP contribution in [0, 0.1) is 12.3 Å². The summed E-state index contributed by atoms with van der Waals surface area (Å²) in [4.78, 5) is 85.9. The van der Waals surface area contributed by atoms with Gasteiger partial charge in [0.25, 0.3) is 5.56 Å². The van der Waals surface area contributed by atoms with E-state index in [-0.39, 0.29) is 55.9 Å². The molecule has 0 bridgehead atoms. The number of carbonyl (C=O) groups excluding carboxylic acids is 3. The number of nitrogens with one attached hydrogen (secondary N) is 3. The van der Waals surface area contributed by atoms with E-state index in [0.29, 0.717) is 40.6 Å². The normalized spacial score (nSPS) is 19.7. The molecule has 81 heavy (non-hydrogen) atoms. The first-order valence-electron chi connectivity index (χ1n) is 28.5. The van der Waals surface area contributed by atoms with Crippen LogP contribution in [0.5, 0.6) is 0 Å².